The second kappa shape index (κ2) is 9.60. The van der Waals surface area contributed by atoms with Gasteiger partial charge in [-0.25, -0.2) is 0 Å². The van der Waals surface area contributed by atoms with E-state index in [0.29, 0.717) is 30.0 Å². The molecule has 118 valence electrons. The van der Waals surface area contributed by atoms with E-state index in [1.807, 2.05) is 6.92 Å². The third-order valence-electron chi connectivity index (χ3n) is 2.99. The van der Waals surface area contributed by atoms with Gasteiger partial charge in [0.2, 0.25) is 0 Å². The molecule has 0 radical (unpaired) electrons. The van der Waals surface area contributed by atoms with Crippen molar-refractivity contribution in [3.05, 3.63) is 22.1 Å². The van der Waals surface area contributed by atoms with Gasteiger partial charge in [0, 0.05) is 18.5 Å². The average molecular weight is 360 g/mol. The van der Waals surface area contributed by atoms with Crippen molar-refractivity contribution in [1.29, 1.82) is 0 Å². The molecular formula is C15H22BrNO4. The molecule has 1 aromatic heterocycles. The number of halogens is 1. The molecule has 1 N–H and O–H groups in total. The minimum Gasteiger partial charge on any atom is -0.466 e. The van der Waals surface area contributed by atoms with Gasteiger partial charge in [-0.3, -0.25) is 9.59 Å². The molecule has 1 rings (SSSR count). The maximum Gasteiger partial charge on any atom is 0.305 e. The van der Waals surface area contributed by atoms with Crippen molar-refractivity contribution in [2.45, 2.75) is 46.0 Å². The number of aryl methyl sites for hydroxylation is 1. The Bertz CT molecular complexity index is 470. The highest BCUT2D eigenvalue weighted by Gasteiger charge is 2.13. The Hall–Kier alpha value is -1.30. The van der Waals surface area contributed by atoms with Crippen LogP contribution in [0.3, 0.4) is 0 Å². The summed E-state index contributed by atoms with van der Waals surface area (Å²) < 4.78 is 10.7. The molecule has 0 aromatic carbocycles. The predicted octanol–water partition coefficient (Wildman–Crippen LogP) is 3.59. The number of nitrogens with one attached hydrogen (secondary N) is 1. The molecule has 0 aliphatic rings. The second-order valence-corrected chi connectivity index (χ2v) is 5.57. The number of rotatable bonds is 9. The quantitative estimate of drug-likeness (QED) is 0.540. The lowest BCUT2D eigenvalue weighted by atomic mass is 10.1. The Morgan fingerprint density at radius 3 is 2.62 bits per heavy atom. The maximum absolute atomic E-state index is 11.8. The summed E-state index contributed by atoms with van der Waals surface area (Å²) in [5.74, 6) is 0.0265. The van der Waals surface area contributed by atoms with Crippen molar-refractivity contribution in [3.63, 3.8) is 0 Å². The number of hydrogen-bond acceptors (Lipinski definition) is 4. The van der Waals surface area contributed by atoms with Crippen LogP contribution in [-0.4, -0.2) is 25.0 Å². The summed E-state index contributed by atoms with van der Waals surface area (Å²) in [4.78, 5) is 23.0. The lowest BCUT2D eigenvalue weighted by Crippen LogP contribution is -2.24. The standard InChI is InChI=1S/C15H22BrNO4/c1-3-20-13(18)8-6-4-5-7-9-17-15(19)14-11(2)10-12(16)21-14/h10H,3-9H2,1-2H3,(H,17,19). The molecule has 1 heterocycles. The van der Waals surface area contributed by atoms with Gasteiger partial charge in [-0.05, 0) is 48.7 Å². The predicted molar refractivity (Wildman–Crippen MR) is 83.2 cm³/mol. The highest BCUT2D eigenvalue weighted by Crippen LogP contribution is 2.19. The Labute approximate surface area is 133 Å². The molecule has 0 unspecified atom stereocenters. The van der Waals surface area contributed by atoms with E-state index in [1.165, 1.54) is 0 Å². The van der Waals surface area contributed by atoms with Crippen LogP contribution >= 0.6 is 15.9 Å². The fourth-order valence-corrected chi connectivity index (χ4v) is 2.44. The van der Waals surface area contributed by atoms with E-state index in [9.17, 15) is 9.59 Å². The van der Waals surface area contributed by atoms with Crippen LogP contribution < -0.4 is 5.32 Å². The van der Waals surface area contributed by atoms with E-state index in [4.69, 9.17) is 9.15 Å². The molecule has 6 heteroatoms. The molecule has 5 nitrogen and oxygen atoms in total. The van der Waals surface area contributed by atoms with E-state index in [-0.39, 0.29) is 11.9 Å². The zero-order valence-electron chi connectivity index (χ0n) is 12.5. The van der Waals surface area contributed by atoms with Crippen molar-refractivity contribution in [3.8, 4) is 0 Å². The Morgan fingerprint density at radius 1 is 1.29 bits per heavy atom. The van der Waals surface area contributed by atoms with Crippen LogP contribution in [0.1, 0.15) is 55.1 Å². The molecule has 0 spiro atoms. The number of esters is 1. The number of carbonyl (C=O) groups is 2. The molecule has 0 saturated carbocycles. The second-order valence-electron chi connectivity index (χ2n) is 4.79. The number of amides is 1. The number of unbranched alkanes of at least 4 members (excludes halogenated alkanes) is 3. The van der Waals surface area contributed by atoms with Gasteiger partial charge in [-0.2, -0.15) is 0 Å². The van der Waals surface area contributed by atoms with Crippen LogP contribution in [0.15, 0.2) is 15.2 Å². The van der Waals surface area contributed by atoms with Crippen LogP contribution in [0.5, 0.6) is 0 Å². The minimum absolute atomic E-state index is 0.135. The van der Waals surface area contributed by atoms with E-state index < -0.39 is 0 Å². The van der Waals surface area contributed by atoms with Crippen LogP contribution in [-0.2, 0) is 9.53 Å². The van der Waals surface area contributed by atoms with Gasteiger partial charge < -0.3 is 14.5 Å². The van der Waals surface area contributed by atoms with Gasteiger partial charge in [0.25, 0.3) is 5.91 Å². The van der Waals surface area contributed by atoms with Gasteiger partial charge in [-0.15, -0.1) is 0 Å². The zero-order valence-corrected chi connectivity index (χ0v) is 14.1. The SMILES string of the molecule is CCOC(=O)CCCCCCNC(=O)c1oc(Br)cc1C. The molecular weight excluding hydrogens is 338 g/mol. The highest BCUT2D eigenvalue weighted by atomic mass is 79.9. The number of furan rings is 1. The van der Waals surface area contributed by atoms with Crippen LogP contribution in [0, 0.1) is 6.92 Å². The fraction of sp³-hybridized carbons (Fsp3) is 0.600. The first-order chi connectivity index (χ1) is 10.0. The number of ether oxygens (including phenoxy) is 1. The van der Waals surface area contributed by atoms with Gasteiger partial charge >= 0.3 is 5.97 Å². The molecule has 1 aromatic rings. The number of hydrogen-bond donors (Lipinski definition) is 1. The summed E-state index contributed by atoms with van der Waals surface area (Å²) in [6.45, 7) is 4.68. The Morgan fingerprint density at radius 2 is 2.00 bits per heavy atom. The minimum atomic E-state index is -0.190. The maximum atomic E-state index is 11.8. The molecule has 0 aliphatic heterocycles. The molecule has 0 saturated heterocycles. The lowest BCUT2D eigenvalue weighted by Gasteiger charge is -2.04. The first-order valence-corrected chi connectivity index (χ1v) is 8.03. The average Bonchev–Trinajstić information content (AvgIpc) is 2.77. The van der Waals surface area contributed by atoms with E-state index >= 15 is 0 Å². The van der Waals surface area contributed by atoms with Crippen molar-refractivity contribution < 1.29 is 18.7 Å². The topological polar surface area (TPSA) is 68.5 Å². The van der Waals surface area contributed by atoms with Crippen molar-refractivity contribution in [2.24, 2.45) is 0 Å². The summed E-state index contributed by atoms with van der Waals surface area (Å²) >= 11 is 3.20. The third-order valence-corrected chi connectivity index (χ3v) is 3.38. The van der Waals surface area contributed by atoms with Crippen LogP contribution in [0.4, 0.5) is 0 Å². The third kappa shape index (κ3) is 6.80. The fourth-order valence-electron chi connectivity index (χ4n) is 1.93. The van der Waals surface area contributed by atoms with Crippen LogP contribution in [0.2, 0.25) is 0 Å². The number of carbonyl (C=O) groups excluding carboxylic acids is 2. The van der Waals surface area contributed by atoms with E-state index in [1.54, 1.807) is 13.0 Å². The van der Waals surface area contributed by atoms with E-state index in [0.717, 1.165) is 31.2 Å². The monoisotopic (exact) mass is 359 g/mol. The van der Waals surface area contributed by atoms with Crippen LogP contribution in [0.25, 0.3) is 0 Å². The first-order valence-electron chi connectivity index (χ1n) is 7.24. The molecule has 0 atom stereocenters. The summed E-state index contributed by atoms with van der Waals surface area (Å²) in [6.07, 6.45) is 4.12. The van der Waals surface area contributed by atoms with Gasteiger partial charge in [-0.1, -0.05) is 12.8 Å². The summed E-state index contributed by atoms with van der Waals surface area (Å²) in [6, 6.07) is 1.77. The summed E-state index contributed by atoms with van der Waals surface area (Å²) in [5.41, 5.74) is 0.814. The van der Waals surface area contributed by atoms with Crippen molar-refractivity contribution >= 4 is 27.8 Å². The highest BCUT2D eigenvalue weighted by molar-refractivity contribution is 9.10. The lowest BCUT2D eigenvalue weighted by molar-refractivity contribution is -0.143. The molecule has 1 amide bonds. The molecule has 0 bridgehead atoms. The largest absolute Gasteiger partial charge is 0.466 e. The summed E-state index contributed by atoms with van der Waals surface area (Å²) in [5, 5.41) is 2.83. The molecule has 0 fully saturated rings. The van der Waals surface area contributed by atoms with E-state index in [2.05, 4.69) is 21.2 Å². The smallest absolute Gasteiger partial charge is 0.305 e. The Kier molecular flexibility index (Phi) is 8.12. The summed E-state index contributed by atoms with van der Waals surface area (Å²) in [7, 11) is 0. The van der Waals surface area contributed by atoms with Crippen molar-refractivity contribution in [2.75, 3.05) is 13.2 Å². The first kappa shape index (κ1) is 17.8. The molecule has 0 aliphatic carbocycles. The van der Waals surface area contributed by atoms with Gasteiger partial charge in [0.1, 0.15) is 0 Å². The van der Waals surface area contributed by atoms with Gasteiger partial charge in [0.05, 0.1) is 6.61 Å². The van der Waals surface area contributed by atoms with Crippen molar-refractivity contribution in [1.82, 2.24) is 5.32 Å². The normalized spacial score (nSPS) is 10.4. The Balaban J connectivity index is 2.08. The zero-order chi connectivity index (χ0) is 15.7. The van der Waals surface area contributed by atoms with Gasteiger partial charge in [0.15, 0.2) is 10.4 Å². The molecule has 21 heavy (non-hydrogen) atoms.